The van der Waals surface area contributed by atoms with Crippen molar-refractivity contribution in [2.45, 2.75) is 27.2 Å². The number of carbonyl (C=O) groups excluding carboxylic acids is 2. The standard InChI is InChI=1S/C21H26N2O3/c1-5-13-23(21(25)17-10-8-9-15(2)16(17)3)14-20(24)22-18-11-6-7-12-19(18)26-4/h6-12H,5,13-14H2,1-4H3,(H,22,24). The van der Waals surface area contributed by atoms with Gasteiger partial charge < -0.3 is 15.0 Å². The van der Waals surface area contributed by atoms with Crippen molar-refractivity contribution in [2.24, 2.45) is 0 Å². The van der Waals surface area contributed by atoms with Crippen molar-refractivity contribution in [2.75, 3.05) is 25.5 Å². The van der Waals surface area contributed by atoms with Crippen molar-refractivity contribution in [3.05, 3.63) is 59.2 Å². The summed E-state index contributed by atoms with van der Waals surface area (Å²) in [5, 5.41) is 2.82. The van der Waals surface area contributed by atoms with Crippen LogP contribution in [-0.4, -0.2) is 36.9 Å². The Balaban J connectivity index is 2.15. The number of benzene rings is 2. The molecule has 0 spiro atoms. The number of anilines is 1. The molecule has 2 aromatic rings. The second-order valence-electron chi connectivity index (χ2n) is 6.22. The Bertz CT molecular complexity index is 787. The quantitative estimate of drug-likeness (QED) is 0.823. The highest BCUT2D eigenvalue weighted by atomic mass is 16.5. The number of methoxy groups -OCH3 is 1. The number of carbonyl (C=O) groups is 2. The van der Waals surface area contributed by atoms with Crippen molar-refractivity contribution >= 4 is 17.5 Å². The van der Waals surface area contributed by atoms with Crippen LogP contribution in [0.15, 0.2) is 42.5 Å². The first-order valence-corrected chi connectivity index (χ1v) is 8.76. The van der Waals surface area contributed by atoms with Crippen molar-refractivity contribution in [3.8, 4) is 5.75 Å². The lowest BCUT2D eigenvalue weighted by Crippen LogP contribution is -2.39. The van der Waals surface area contributed by atoms with E-state index in [2.05, 4.69) is 5.32 Å². The molecule has 0 heterocycles. The lowest BCUT2D eigenvalue weighted by Gasteiger charge is -2.23. The number of amides is 2. The highest BCUT2D eigenvalue weighted by Crippen LogP contribution is 2.23. The molecule has 1 N–H and O–H groups in total. The van der Waals surface area contributed by atoms with Crippen LogP contribution in [0.4, 0.5) is 5.69 Å². The molecule has 0 atom stereocenters. The third-order valence-corrected chi connectivity index (χ3v) is 4.33. The number of ether oxygens (including phenoxy) is 1. The normalized spacial score (nSPS) is 10.3. The number of nitrogens with one attached hydrogen (secondary N) is 1. The largest absolute Gasteiger partial charge is 0.495 e. The maximum absolute atomic E-state index is 12.9. The van der Waals surface area contributed by atoms with Gasteiger partial charge in [0, 0.05) is 12.1 Å². The minimum Gasteiger partial charge on any atom is -0.495 e. The fourth-order valence-electron chi connectivity index (χ4n) is 2.79. The highest BCUT2D eigenvalue weighted by molar-refractivity contribution is 6.00. The molecule has 0 radical (unpaired) electrons. The molecule has 0 aliphatic carbocycles. The summed E-state index contributed by atoms with van der Waals surface area (Å²) in [6, 6.07) is 12.9. The first-order valence-electron chi connectivity index (χ1n) is 8.76. The molecule has 0 aliphatic rings. The van der Waals surface area contributed by atoms with Gasteiger partial charge in [-0.25, -0.2) is 0 Å². The number of para-hydroxylation sites is 2. The molecule has 5 heteroatoms. The molecule has 0 saturated carbocycles. The van der Waals surface area contributed by atoms with E-state index in [1.54, 1.807) is 24.1 Å². The van der Waals surface area contributed by atoms with Crippen LogP contribution in [0.3, 0.4) is 0 Å². The number of rotatable bonds is 7. The zero-order chi connectivity index (χ0) is 19.1. The van der Waals surface area contributed by atoms with Crippen LogP contribution in [0.5, 0.6) is 5.75 Å². The minimum atomic E-state index is -0.249. The van der Waals surface area contributed by atoms with Crippen LogP contribution in [0.2, 0.25) is 0 Å². The maximum atomic E-state index is 12.9. The number of nitrogens with zero attached hydrogens (tertiary/aromatic N) is 1. The molecule has 0 aliphatic heterocycles. The number of hydrogen-bond acceptors (Lipinski definition) is 3. The fourth-order valence-corrected chi connectivity index (χ4v) is 2.79. The predicted octanol–water partition coefficient (Wildman–Crippen LogP) is 3.80. The van der Waals surface area contributed by atoms with Gasteiger partial charge in [0.1, 0.15) is 12.3 Å². The first kappa shape index (κ1) is 19.5. The first-order chi connectivity index (χ1) is 12.5. The second kappa shape index (κ2) is 9.04. The SMILES string of the molecule is CCCN(CC(=O)Nc1ccccc1OC)C(=O)c1cccc(C)c1C. The van der Waals surface area contributed by atoms with E-state index < -0.39 is 0 Å². The van der Waals surface area contributed by atoms with Gasteiger partial charge in [-0.3, -0.25) is 9.59 Å². The monoisotopic (exact) mass is 354 g/mol. The molecule has 0 saturated heterocycles. The third kappa shape index (κ3) is 4.63. The molecule has 2 rings (SSSR count). The summed E-state index contributed by atoms with van der Waals surface area (Å²) in [5.74, 6) is 0.216. The Morgan fingerprint density at radius 1 is 1.08 bits per heavy atom. The van der Waals surface area contributed by atoms with E-state index >= 15 is 0 Å². The Hall–Kier alpha value is -2.82. The summed E-state index contributed by atoms with van der Waals surface area (Å²) in [6.45, 7) is 6.41. The smallest absolute Gasteiger partial charge is 0.254 e. The Morgan fingerprint density at radius 2 is 1.81 bits per heavy atom. The van der Waals surface area contributed by atoms with Crippen LogP contribution >= 0.6 is 0 Å². The molecule has 2 aromatic carbocycles. The fraction of sp³-hybridized carbons (Fsp3) is 0.333. The average Bonchev–Trinajstić information content (AvgIpc) is 2.63. The molecular weight excluding hydrogens is 328 g/mol. The summed E-state index contributed by atoms with van der Waals surface area (Å²) in [6.07, 6.45) is 0.776. The second-order valence-corrected chi connectivity index (χ2v) is 6.22. The van der Waals surface area contributed by atoms with Crippen LogP contribution in [0.25, 0.3) is 0 Å². The van der Waals surface area contributed by atoms with Gasteiger partial charge in [0.2, 0.25) is 5.91 Å². The summed E-state index contributed by atoms with van der Waals surface area (Å²) in [4.78, 5) is 27.0. The summed E-state index contributed by atoms with van der Waals surface area (Å²) >= 11 is 0. The van der Waals surface area contributed by atoms with E-state index in [0.717, 1.165) is 17.5 Å². The molecule has 2 amide bonds. The topological polar surface area (TPSA) is 58.6 Å². The van der Waals surface area contributed by atoms with Crippen LogP contribution < -0.4 is 10.1 Å². The predicted molar refractivity (Wildman–Crippen MR) is 104 cm³/mol. The Labute approximate surface area is 155 Å². The zero-order valence-electron chi connectivity index (χ0n) is 15.8. The van der Waals surface area contributed by atoms with Gasteiger partial charge in [0.25, 0.3) is 5.91 Å². The van der Waals surface area contributed by atoms with E-state index in [1.807, 2.05) is 51.1 Å². The van der Waals surface area contributed by atoms with Gasteiger partial charge >= 0.3 is 0 Å². The molecule has 138 valence electrons. The molecular formula is C21H26N2O3. The van der Waals surface area contributed by atoms with Gasteiger partial charge in [-0.15, -0.1) is 0 Å². The Morgan fingerprint density at radius 3 is 2.50 bits per heavy atom. The van der Waals surface area contributed by atoms with Crippen LogP contribution in [-0.2, 0) is 4.79 Å². The summed E-state index contributed by atoms with van der Waals surface area (Å²) in [5.41, 5.74) is 3.24. The van der Waals surface area contributed by atoms with Gasteiger partial charge in [0.15, 0.2) is 0 Å². The van der Waals surface area contributed by atoms with E-state index in [-0.39, 0.29) is 18.4 Å². The van der Waals surface area contributed by atoms with Crippen molar-refractivity contribution in [1.29, 1.82) is 0 Å². The summed E-state index contributed by atoms with van der Waals surface area (Å²) in [7, 11) is 1.55. The van der Waals surface area contributed by atoms with Gasteiger partial charge in [-0.2, -0.15) is 0 Å². The van der Waals surface area contributed by atoms with Gasteiger partial charge in [0.05, 0.1) is 12.8 Å². The minimum absolute atomic E-state index is 0.00188. The number of aryl methyl sites for hydroxylation is 1. The van der Waals surface area contributed by atoms with Crippen LogP contribution in [0.1, 0.15) is 34.8 Å². The van der Waals surface area contributed by atoms with E-state index in [4.69, 9.17) is 4.74 Å². The van der Waals surface area contributed by atoms with Crippen molar-refractivity contribution < 1.29 is 14.3 Å². The lowest BCUT2D eigenvalue weighted by atomic mass is 10.0. The lowest BCUT2D eigenvalue weighted by molar-refractivity contribution is -0.116. The number of hydrogen-bond donors (Lipinski definition) is 1. The van der Waals surface area contributed by atoms with Gasteiger partial charge in [-0.1, -0.05) is 31.2 Å². The molecule has 0 bridgehead atoms. The molecule has 0 fully saturated rings. The molecule has 5 nitrogen and oxygen atoms in total. The molecule has 0 unspecified atom stereocenters. The summed E-state index contributed by atoms with van der Waals surface area (Å²) < 4.78 is 5.25. The highest BCUT2D eigenvalue weighted by Gasteiger charge is 2.20. The zero-order valence-corrected chi connectivity index (χ0v) is 15.8. The molecule has 26 heavy (non-hydrogen) atoms. The van der Waals surface area contributed by atoms with Crippen molar-refractivity contribution in [1.82, 2.24) is 4.90 Å². The third-order valence-electron chi connectivity index (χ3n) is 4.33. The van der Waals surface area contributed by atoms with E-state index in [0.29, 0.717) is 23.5 Å². The van der Waals surface area contributed by atoms with Gasteiger partial charge in [-0.05, 0) is 49.6 Å². The van der Waals surface area contributed by atoms with E-state index in [9.17, 15) is 9.59 Å². The van der Waals surface area contributed by atoms with Crippen molar-refractivity contribution in [3.63, 3.8) is 0 Å². The van der Waals surface area contributed by atoms with E-state index in [1.165, 1.54) is 0 Å². The average molecular weight is 354 g/mol. The molecule has 0 aromatic heterocycles. The maximum Gasteiger partial charge on any atom is 0.254 e. The Kier molecular flexibility index (Phi) is 6.78. The van der Waals surface area contributed by atoms with Crippen LogP contribution in [0, 0.1) is 13.8 Å².